The molecule has 23 heavy (non-hydrogen) atoms. The molecule has 4 nitrogen and oxygen atoms in total. The maximum absolute atomic E-state index is 12.0. The Bertz CT molecular complexity index is 700. The first-order valence-corrected chi connectivity index (χ1v) is 7.87. The van der Waals surface area contributed by atoms with Gasteiger partial charge in [0.15, 0.2) is 0 Å². The summed E-state index contributed by atoms with van der Waals surface area (Å²) < 4.78 is 5.49. The summed E-state index contributed by atoms with van der Waals surface area (Å²) in [5.74, 6) is 0.409. The Labute approximate surface area is 145 Å². The van der Waals surface area contributed by atoms with Crippen molar-refractivity contribution in [2.24, 2.45) is 5.10 Å². The van der Waals surface area contributed by atoms with E-state index in [0.29, 0.717) is 17.2 Å². The smallest absolute Gasteiger partial charge is 0.272 e. The molecule has 0 aliphatic heterocycles. The topological polar surface area (TPSA) is 50.7 Å². The first-order chi connectivity index (χ1) is 11.1. The molecule has 120 valence electrons. The van der Waals surface area contributed by atoms with Crippen molar-refractivity contribution < 1.29 is 9.53 Å². The van der Waals surface area contributed by atoms with Crippen molar-refractivity contribution in [3.8, 4) is 5.75 Å². The SMILES string of the molecule is CCCOc1ccc(/C=N\NC(=O)c2ccc(Cl)cc2Cl)cc1. The Balaban J connectivity index is 1.94. The van der Waals surface area contributed by atoms with Gasteiger partial charge in [-0.15, -0.1) is 0 Å². The van der Waals surface area contributed by atoms with E-state index in [4.69, 9.17) is 27.9 Å². The summed E-state index contributed by atoms with van der Waals surface area (Å²) in [5.41, 5.74) is 3.59. The molecule has 6 heteroatoms. The van der Waals surface area contributed by atoms with E-state index in [1.807, 2.05) is 24.3 Å². The Morgan fingerprint density at radius 1 is 1.22 bits per heavy atom. The lowest BCUT2D eigenvalue weighted by molar-refractivity contribution is 0.0955. The lowest BCUT2D eigenvalue weighted by atomic mass is 10.2. The molecular formula is C17H16Cl2N2O2. The zero-order valence-corrected chi connectivity index (χ0v) is 14.1. The Morgan fingerprint density at radius 2 is 1.96 bits per heavy atom. The number of carbonyl (C=O) groups excluding carboxylic acids is 1. The van der Waals surface area contributed by atoms with Gasteiger partial charge >= 0.3 is 0 Å². The van der Waals surface area contributed by atoms with Gasteiger partial charge in [-0.1, -0.05) is 30.1 Å². The highest BCUT2D eigenvalue weighted by Gasteiger charge is 2.09. The highest BCUT2D eigenvalue weighted by molar-refractivity contribution is 6.36. The van der Waals surface area contributed by atoms with Crippen LogP contribution in [0.1, 0.15) is 29.3 Å². The van der Waals surface area contributed by atoms with Crippen molar-refractivity contribution >= 4 is 35.3 Å². The van der Waals surface area contributed by atoms with Crippen LogP contribution >= 0.6 is 23.2 Å². The van der Waals surface area contributed by atoms with Crippen LogP contribution in [0.3, 0.4) is 0 Å². The zero-order chi connectivity index (χ0) is 16.7. The van der Waals surface area contributed by atoms with Gasteiger partial charge in [0.2, 0.25) is 0 Å². The second-order valence-corrected chi connectivity index (χ2v) is 5.58. The average molecular weight is 351 g/mol. The molecule has 0 aliphatic carbocycles. The Hall–Kier alpha value is -2.04. The van der Waals surface area contributed by atoms with Gasteiger partial charge in [0, 0.05) is 5.02 Å². The molecule has 2 aromatic rings. The van der Waals surface area contributed by atoms with E-state index in [2.05, 4.69) is 17.5 Å². The molecule has 0 saturated heterocycles. The first-order valence-electron chi connectivity index (χ1n) is 7.11. The lowest BCUT2D eigenvalue weighted by Crippen LogP contribution is -2.18. The fraction of sp³-hybridized carbons (Fsp3) is 0.176. The monoisotopic (exact) mass is 350 g/mol. The fourth-order valence-electron chi connectivity index (χ4n) is 1.77. The van der Waals surface area contributed by atoms with Gasteiger partial charge in [-0.25, -0.2) is 5.43 Å². The summed E-state index contributed by atoms with van der Waals surface area (Å²) in [6.45, 7) is 2.74. The standard InChI is InChI=1S/C17H16Cl2N2O2/c1-2-9-23-14-6-3-12(4-7-14)11-20-21-17(22)15-8-5-13(18)10-16(15)19/h3-8,10-11H,2,9H2,1H3,(H,21,22)/b20-11-. The number of ether oxygens (including phenoxy) is 1. The second kappa shape index (κ2) is 8.56. The molecule has 0 atom stereocenters. The highest BCUT2D eigenvalue weighted by Crippen LogP contribution is 2.20. The minimum absolute atomic E-state index is 0.280. The quantitative estimate of drug-likeness (QED) is 0.613. The van der Waals surface area contributed by atoms with Crippen molar-refractivity contribution in [2.75, 3.05) is 6.61 Å². The molecule has 0 aromatic heterocycles. The van der Waals surface area contributed by atoms with Crippen molar-refractivity contribution in [3.63, 3.8) is 0 Å². The molecule has 2 aromatic carbocycles. The minimum atomic E-state index is -0.397. The molecule has 0 aliphatic rings. The average Bonchev–Trinajstić information content (AvgIpc) is 2.54. The van der Waals surface area contributed by atoms with Crippen LogP contribution in [-0.2, 0) is 0 Å². The maximum atomic E-state index is 12.0. The van der Waals surface area contributed by atoms with Crippen LogP contribution < -0.4 is 10.2 Å². The highest BCUT2D eigenvalue weighted by atomic mass is 35.5. The van der Waals surface area contributed by atoms with Crippen LogP contribution in [0.5, 0.6) is 5.75 Å². The third kappa shape index (κ3) is 5.27. The van der Waals surface area contributed by atoms with E-state index >= 15 is 0 Å². The van der Waals surface area contributed by atoms with E-state index in [9.17, 15) is 4.79 Å². The number of benzene rings is 2. The van der Waals surface area contributed by atoms with Crippen molar-refractivity contribution in [3.05, 3.63) is 63.6 Å². The number of rotatable bonds is 6. The second-order valence-electron chi connectivity index (χ2n) is 4.74. The molecule has 0 radical (unpaired) electrons. The summed E-state index contributed by atoms with van der Waals surface area (Å²) in [6.07, 6.45) is 2.51. The number of hydrogen-bond donors (Lipinski definition) is 1. The summed E-state index contributed by atoms with van der Waals surface area (Å²) in [4.78, 5) is 12.0. The molecule has 2 rings (SSSR count). The molecule has 0 unspecified atom stereocenters. The van der Waals surface area contributed by atoms with Crippen molar-refractivity contribution in [2.45, 2.75) is 13.3 Å². The van der Waals surface area contributed by atoms with E-state index < -0.39 is 5.91 Å². The van der Waals surface area contributed by atoms with Gasteiger partial charge in [0.1, 0.15) is 5.75 Å². The van der Waals surface area contributed by atoms with Gasteiger partial charge < -0.3 is 4.74 Å². The minimum Gasteiger partial charge on any atom is -0.494 e. The van der Waals surface area contributed by atoms with E-state index in [1.54, 1.807) is 18.3 Å². The largest absolute Gasteiger partial charge is 0.494 e. The van der Waals surface area contributed by atoms with Gasteiger partial charge in [-0.3, -0.25) is 4.79 Å². The fourth-order valence-corrected chi connectivity index (χ4v) is 2.26. The van der Waals surface area contributed by atoms with Crippen LogP contribution in [0.2, 0.25) is 10.0 Å². The van der Waals surface area contributed by atoms with Crippen molar-refractivity contribution in [1.82, 2.24) is 5.43 Å². The summed E-state index contributed by atoms with van der Waals surface area (Å²) in [5, 5.41) is 4.67. The van der Waals surface area contributed by atoms with Crippen LogP contribution in [-0.4, -0.2) is 18.7 Å². The molecule has 0 saturated carbocycles. The number of hydrazone groups is 1. The maximum Gasteiger partial charge on any atom is 0.272 e. The summed E-state index contributed by atoms with van der Waals surface area (Å²) >= 11 is 11.8. The van der Waals surface area contributed by atoms with E-state index in [0.717, 1.165) is 17.7 Å². The van der Waals surface area contributed by atoms with Crippen LogP contribution in [0.25, 0.3) is 0 Å². The Kier molecular flexibility index (Phi) is 6.44. The molecule has 0 heterocycles. The number of halogens is 2. The number of nitrogens with zero attached hydrogens (tertiary/aromatic N) is 1. The number of carbonyl (C=O) groups is 1. The number of nitrogens with one attached hydrogen (secondary N) is 1. The zero-order valence-electron chi connectivity index (χ0n) is 12.6. The van der Waals surface area contributed by atoms with Crippen LogP contribution in [0.4, 0.5) is 0 Å². The predicted molar refractivity (Wildman–Crippen MR) is 93.8 cm³/mol. The van der Waals surface area contributed by atoms with Gasteiger partial charge in [0.05, 0.1) is 23.4 Å². The number of hydrogen-bond acceptors (Lipinski definition) is 3. The van der Waals surface area contributed by atoms with Crippen LogP contribution in [0.15, 0.2) is 47.6 Å². The molecular weight excluding hydrogens is 335 g/mol. The van der Waals surface area contributed by atoms with E-state index in [-0.39, 0.29) is 5.02 Å². The van der Waals surface area contributed by atoms with Gasteiger partial charge in [-0.2, -0.15) is 5.10 Å². The van der Waals surface area contributed by atoms with Gasteiger partial charge in [0.25, 0.3) is 5.91 Å². The lowest BCUT2D eigenvalue weighted by Gasteiger charge is -2.04. The molecule has 0 fully saturated rings. The molecule has 1 N–H and O–H groups in total. The van der Waals surface area contributed by atoms with Crippen LogP contribution in [0, 0.1) is 0 Å². The van der Waals surface area contributed by atoms with Gasteiger partial charge in [-0.05, 0) is 54.4 Å². The first kappa shape index (κ1) is 17.3. The van der Waals surface area contributed by atoms with Crippen molar-refractivity contribution in [1.29, 1.82) is 0 Å². The predicted octanol–water partition coefficient (Wildman–Crippen LogP) is 4.55. The van der Waals surface area contributed by atoms with E-state index in [1.165, 1.54) is 6.07 Å². The Morgan fingerprint density at radius 3 is 2.61 bits per heavy atom. The normalized spacial score (nSPS) is 10.7. The summed E-state index contributed by atoms with van der Waals surface area (Å²) in [7, 11) is 0. The molecule has 0 spiro atoms. The molecule has 0 bridgehead atoms. The third-order valence-electron chi connectivity index (χ3n) is 2.91. The molecule has 1 amide bonds. The number of amides is 1. The summed E-state index contributed by atoms with van der Waals surface area (Å²) in [6, 6.07) is 12.1. The third-order valence-corrected chi connectivity index (χ3v) is 3.46.